The molecule has 1 amide bonds. The Kier molecular flexibility index (Phi) is 11.2. The molecule has 6 nitrogen and oxygen atoms in total. The molecule has 2 aromatic rings. The Bertz CT molecular complexity index is 1220. The van der Waals surface area contributed by atoms with Gasteiger partial charge in [-0.2, -0.15) is 0 Å². The predicted octanol–water partition coefficient (Wildman–Crippen LogP) is 7.05. The number of fused-ring (bicyclic) bond motifs is 2. The molecule has 0 spiro atoms. The summed E-state index contributed by atoms with van der Waals surface area (Å²) in [6.07, 6.45) is 7.38. The van der Waals surface area contributed by atoms with Crippen molar-refractivity contribution in [3.63, 3.8) is 0 Å². The highest BCUT2D eigenvalue weighted by Crippen LogP contribution is 2.46. The van der Waals surface area contributed by atoms with E-state index in [4.69, 9.17) is 16.3 Å². The van der Waals surface area contributed by atoms with Crippen molar-refractivity contribution in [2.45, 2.75) is 90.6 Å². The van der Waals surface area contributed by atoms with Crippen LogP contribution in [0.5, 0.6) is 5.75 Å². The summed E-state index contributed by atoms with van der Waals surface area (Å²) in [6, 6.07) is 11.7. The van der Waals surface area contributed by atoms with Gasteiger partial charge in [-0.25, -0.2) is 4.21 Å². The van der Waals surface area contributed by atoms with Crippen molar-refractivity contribution in [2.75, 3.05) is 30.3 Å². The third kappa shape index (κ3) is 7.66. The van der Waals surface area contributed by atoms with Crippen LogP contribution in [0.15, 0.2) is 36.4 Å². The first-order chi connectivity index (χ1) is 19.7. The van der Waals surface area contributed by atoms with Crippen LogP contribution < -0.4 is 14.4 Å². The van der Waals surface area contributed by atoms with Crippen LogP contribution in [0.3, 0.4) is 0 Å². The van der Waals surface area contributed by atoms with Crippen molar-refractivity contribution >= 4 is 34.2 Å². The van der Waals surface area contributed by atoms with Gasteiger partial charge in [0, 0.05) is 35.3 Å². The summed E-state index contributed by atoms with van der Waals surface area (Å²) in [5.74, 6) is 1.59. The molecule has 0 aromatic heterocycles. The number of amides is 1. The molecule has 2 aromatic carbocycles. The van der Waals surface area contributed by atoms with E-state index in [0.717, 1.165) is 80.9 Å². The van der Waals surface area contributed by atoms with Crippen molar-refractivity contribution in [3.05, 3.63) is 58.1 Å². The van der Waals surface area contributed by atoms with Crippen LogP contribution in [0.1, 0.15) is 100 Å². The fraction of sp³-hybridized carbons (Fsp3) is 0.606. The van der Waals surface area contributed by atoms with Gasteiger partial charge < -0.3 is 14.7 Å². The van der Waals surface area contributed by atoms with E-state index in [0.29, 0.717) is 23.8 Å². The van der Waals surface area contributed by atoms with Crippen LogP contribution >= 0.6 is 11.6 Å². The molecule has 8 heteroatoms. The van der Waals surface area contributed by atoms with Gasteiger partial charge in [-0.05, 0) is 92.3 Å². The molecule has 0 radical (unpaired) electrons. The fourth-order valence-electron chi connectivity index (χ4n) is 6.64. The van der Waals surface area contributed by atoms with Gasteiger partial charge in [-0.15, -0.1) is 0 Å². The Balaban J connectivity index is 0.00000189. The molecule has 5 atom stereocenters. The van der Waals surface area contributed by atoms with Gasteiger partial charge in [0.1, 0.15) is 16.7 Å². The van der Waals surface area contributed by atoms with E-state index >= 15 is 0 Å². The highest BCUT2D eigenvalue weighted by atomic mass is 35.5. The zero-order chi connectivity index (χ0) is 29.6. The highest BCUT2D eigenvalue weighted by molar-refractivity contribution is 7.83. The quantitative estimate of drug-likeness (QED) is 0.394. The summed E-state index contributed by atoms with van der Waals surface area (Å²) in [6.45, 7) is 10.2. The van der Waals surface area contributed by atoms with Crippen LogP contribution in [-0.4, -0.2) is 46.3 Å². The zero-order valence-electron chi connectivity index (χ0n) is 25.1. The predicted molar refractivity (Wildman–Crippen MR) is 169 cm³/mol. The van der Waals surface area contributed by atoms with Crippen molar-refractivity contribution < 1.29 is 18.8 Å². The molecule has 4 unspecified atom stereocenters. The molecule has 5 rings (SSSR count). The Labute approximate surface area is 253 Å². The van der Waals surface area contributed by atoms with Crippen LogP contribution in [0.4, 0.5) is 5.69 Å². The largest absolute Gasteiger partial charge is 0.491 e. The average Bonchev–Trinajstić information content (AvgIpc) is 3.10. The first-order valence-electron chi connectivity index (χ1n) is 15.5. The number of nitrogens with one attached hydrogen (secondary N) is 1. The minimum atomic E-state index is -1.43. The summed E-state index contributed by atoms with van der Waals surface area (Å²) < 4.78 is 21.6. The molecule has 2 heterocycles. The SMILES string of the molecule is CC.CCCc1cc(Cl)ccc1C1COc2ccc3cc2N(C1)CC1CCC1[C@@](C)(O)CCCCCS(=O)NC3=O. The second-order valence-corrected chi connectivity index (χ2v) is 13.5. The molecule has 226 valence electrons. The molecule has 1 fully saturated rings. The van der Waals surface area contributed by atoms with E-state index in [9.17, 15) is 14.1 Å². The van der Waals surface area contributed by atoms with Crippen molar-refractivity contribution in [2.24, 2.45) is 11.8 Å². The zero-order valence-corrected chi connectivity index (χ0v) is 26.7. The maximum absolute atomic E-state index is 13.0. The summed E-state index contributed by atoms with van der Waals surface area (Å²) in [5, 5.41) is 12.2. The van der Waals surface area contributed by atoms with Crippen LogP contribution in [-0.2, 0) is 17.4 Å². The highest BCUT2D eigenvalue weighted by Gasteiger charge is 2.44. The Morgan fingerprint density at radius 2 is 1.93 bits per heavy atom. The number of hydrogen-bond donors (Lipinski definition) is 2. The maximum atomic E-state index is 13.0. The van der Waals surface area contributed by atoms with Gasteiger partial charge in [0.25, 0.3) is 5.91 Å². The molecule has 0 saturated heterocycles. The number of aryl methyl sites for hydroxylation is 1. The molecule has 2 aliphatic heterocycles. The fourth-order valence-corrected chi connectivity index (χ4v) is 7.72. The van der Waals surface area contributed by atoms with E-state index in [2.05, 4.69) is 28.7 Å². The van der Waals surface area contributed by atoms with Crippen molar-refractivity contribution in [1.29, 1.82) is 0 Å². The second kappa shape index (κ2) is 14.4. The normalized spacial score (nSPS) is 28.5. The molecule has 1 saturated carbocycles. The summed E-state index contributed by atoms with van der Waals surface area (Å²) in [7, 11) is -1.43. The van der Waals surface area contributed by atoms with Gasteiger partial charge >= 0.3 is 0 Å². The van der Waals surface area contributed by atoms with Gasteiger partial charge in [-0.3, -0.25) is 9.52 Å². The number of ether oxygens (including phenoxy) is 1. The summed E-state index contributed by atoms with van der Waals surface area (Å²) >= 11 is 6.38. The van der Waals surface area contributed by atoms with E-state index in [1.54, 1.807) is 6.07 Å². The van der Waals surface area contributed by atoms with Crippen LogP contribution in [0.2, 0.25) is 5.02 Å². The molecule has 1 aliphatic carbocycles. The second-order valence-electron chi connectivity index (χ2n) is 11.8. The molecule has 2 N–H and O–H groups in total. The van der Waals surface area contributed by atoms with Crippen molar-refractivity contribution in [1.82, 2.24) is 4.72 Å². The standard InChI is InChI=1S/C31H41ClN2O4S.C2H6/c1-3-7-21-16-25(32)10-11-26(21)24-19-34-18-23-8-12-27(23)31(2,36)14-5-4-6-15-39(37)33-30(35)22-9-13-29(38-20-24)28(34)17-22;1-2/h9-11,13,16-17,23-24,27,36H,3-8,12,14-15,18-20H2,1-2H3,(H,33,35);1-2H3/t23?,24?,27?,31-,39?;/m0./s1. The lowest BCUT2D eigenvalue weighted by Gasteiger charge is -2.48. The third-order valence-electron chi connectivity index (χ3n) is 8.90. The number of carbonyl (C=O) groups excluding carboxylic acids is 1. The number of rotatable bonds is 3. The van der Waals surface area contributed by atoms with Gasteiger partial charge in [0.2, 0.25) is 0 Å². The Morgan fingerprint density at radius 3 is 2.66 bits per heavy atom. The number of nitrogens with zero attached hydrogens (tertiary/aromatic N) is 1. The van der Waals surface area contributed by atoms with Gasteiger partial charge in [0.05, 0.1) is 17.9 Å². The van der Waals surface area contributed by atoms with Gasteiger partial charge in [0.15, 0.2) is 0 Å². The first-order valence-corrected chi connectivity index (χ1v) is 17.2. The summed E-state index contributed by atoms with van der Waals surface area (Å²) in [5.41, 5.74) is 3.16. The van der Waals surface area contributed by atoms with Crippen molar-refractivity contribution in [3.8, 4) is 5.75 Å². The number of aliphatic hydroxyl groups is 1. The number of carbonyl (C=O) groups is 1. The van der Waals surface area contributed by atoms with E-state index in [-0.39, 0.29) is 17.7 Å². The molecule has 41 heavy (non-hydrogen) atoms. The van der Waals surface area contributed by atoms with E-state index < -0.39 is 16.6 Å². The molecule has 2 bridgehead atoms. The lowest BCUT2D eigenvalue weighted by atomic mass is 9.64. The number of hydrogen-bond acceptors (Lipinski definition) is 5. The molecular formula is C33H47ClN2O4S. The Morgan fingerprint density at radius 1 is 1.12 bits per heavy atom. The Hall–Kier alpha value is -2.09. The average molecular weight is 603 g/mol. The smallest absolute Gasteiger partial charge is 0.263 e. The van der Waals surface area contributed by atoms with Gasteiger partial charge in [-0.1, -0.05) is 57.7 Å². The molecular weight excluding hydrogens is 556 g/mol. The molecule has 3 aliphatic rings. The van der Waals surface area contributed by atoms with E-state index in [1.165, 1.54) is 11.1 Å². The monoisotopic (exact) mass is 602 g/mol. The first kappa shape index (κ1) is 31.8. The number of anilines is 1. The third-order valence-corrected chi connectivity index (χ3v) is 10.2. The lowest BCUT2D eigenvalue weighted by molar-refractivity contribution is -0.0741. The number of halogens is 1. The van der Waals surface area contributed by atoms with Crippen LogP contribution in [0.25, 0.3) is 0 Å². The minimum Gasteiger partial charge on any atom is -0.491 e. The minimum absolute atomic E-state index is 0.130. The topological polar surface area (TPSA) is 78.9 Å². The van der Waals surface area contributed by atoms with E-state index in [1.807, 2.05) is 39.0 Å². The maximum Gasteiger partial charge on any atom is 0.263 e. The number of benzene rings is 2. The van der Waals surface area contributed by atoms with Crippen LogP contribution in [0, 0.1) is 11.8 Å². The lowest BCUT2D eigenvalue weighted by Crippen LogP contribution is -2.49. The summed E-state index contributed by atoms with van der Waals surface area (Å²) in [4.78, 5) is 15.4.